The van der Waals surface area contributed by atoms with Gasteiger partial charge in [0.1, 0.15) is 0 Å². The van der Waals surface area contributed by atoms with Gasteiger partial charge in [-0.05, 0) is 37.9 Å². The summed E-state index contributed by atoms with van der Waals surface area (Å²) < 4.78 is 3.75. The molecule has 0 atom stereocenters. The predicted octanol–water partition coefficient (Wildman–Crippen LogP) is 4.41. The van der Waals surface area contributed by atoms with Gasteiger partial charge in [0, 0.05) is 23.3 Å². The van der Waals surface area contributed by atoms with Crippen molar-refractivity contribution in [3.8, 4) is 0 Å². The van der Waals surface area contributed by atoms with Gasteiger partial charge in [-0.2, -0.15) is 0 Å². The van der Waals surface area contributed by atoms with Crippen molar-refractivity contribution in [3.05, 3.63) is 42.7 Å². The molecule has 0 radical (unpaired) electrons. The molecule has 0 aliphatic heterocycles. The number of ketones is 1. The number of imidazole rings is 1. The van der Waals surface area contributed by atoms with Crippen LogP contribution in [0.3, 0.4) is 0 Å². The van der Waals surface area contributed by atoms with Crippen LogP contribution in [0, 0.1) is 0 Å². The van der Waals surface area contributed by atoms with Gasteiger partial charge >= 0.3 is 0 Å². The quantitative estimate of drug-likeness (QED) is 0.605. The molecule has 3 nitrogen and oxygen atoms in total. The van der Waals surface area contributed by atoms with Gasteiger partial charge in [0.05, 0.1) is 19.7 Å². The zero-order valence-electron chi connectivity index (χ0n) is 8.89. The molecule has 3 aromatic heterocycles. The van der Waals surface area contributed by atoms with E-state index in [1.807, 2.05) is 28.2 Å². The first-order valence-electron chi connectivity index (χ1n) is 5.02. The molecule has 0 aliphatic rings. The van der Waals surface area contributed by atoms with Crippen LogP contribution < -0.4 is 0 Å². The van der Waals surface area contributed by atoms with E-state index in [9.17, 15) is 4.79 Å². The summed E-state index contributed by atoms with van der Waals surface area (Å²) in [6, 6.07) is 1.84. The molecule has 0 amide bonds. The summed E-state index contributed by atoms with van der Waals surface area (Å²) in [6.45, 7) is 0. The van der Waals surface area contributed by atoms with Crippen LogP contribution in [0.15, 0.2) is 31.4 Å². The second-order valence-corrected chi connectivity index (χ2v) is 8.29. The molecule has 7 heteroatoms. The highest BCUT2D eigenvalue weighted by Crippen LogP contribution is 2.32. The largest absolute Gasteiger partial charge is 0.297 e. The van der Waals surface area contributed by atoms with E-state index in [-0.39, 0.29) is 5.78 Å². The molecule has 3 aromatic rings. The van der Waals surface area contributed by atoms with Crippen molar-refractivity contribution >= 4 is 65.3 Å². The summed E-state index contributed by atoms with van der Waals surface area (Å²) in [5.41, 5.74) is 1.52. The van der Waals surface area contributed by atoms with Crippen LogP contribution in [0.4, 0.5) is 0 Å². The summed E-state index contributed by atoms with van der Waals surface area (Å²) in [7, 11) is 0. The number of fused-ring (bicyclic) bond motifs is 1. The van der Waals surface area contributed by atoms with Gasteiger partial charge in [0.2, 0.25) is 0 Å². The third-order valence-corrected chi connectivity index (χ3v) is 5.55. The van der Waals surface area contributed by atoms with Crippen molar-refractivity contribution in [2.75, 3.05) is 0 Å². The first kappa shape index (κ1) is 12.5. The summed E-state index contributed by atoms with van der Waals surface area (Å²) in [4.78, 5) is 17.5. The number of rotatable bonds is 3. The van der Waals surface area contributed by atoms with Gasteiger partial charge in [-0.25, -0.2) is 4.98 Å². The molecule has 0 spiro atoms. The third-order valence-electron chi connectivity index (χ3n) is 2.44. The van der Waals surface area contributed by atoms with Gasteiger partial charge in [-0.3, -0.25) is 9.20 Å². The molecule has 0 aromatic carbocycles. The average Bonchev–Trinajstić information content (AvgIpc) is 2.92. The summed E-state index contributed by atoms with van der Waals surface area (Å²) in [5, 5.41) is 1.97. The number of Topliss-reactive ketones (excluding diaryl/α,β-unsaturated/α-hetero) is 1. The van der Waals surface area contributed by atoms with Crippen LogP contribution in [0.1, 0.15) is 16.1 Å². The Hall–Kier alpha value is -0.500. The summed E-state index contributed by atoms with van der Waals surface area (Å²) in [6.07, 6.45) is 4.17. The lowest BCUT2D eigenvalue weighted by atomic mass is 10.1. The van der Waals surface area contributed by atoms with Crippen molar-refractivity contribution < 1.29 is 4.79 Å². The maximum Gasteiger partial charge on any atom is 0.193 e. The van der Waals surface area contributed by atoms with Crippen LogP contribution in [0.2, 0.25) is 0 Å². The molecule has 3 rings (SSSR count). The van der Waals surface area contributed by atoms with Gasteiger partial charge < -0.3 is 0 Å². The number of thiazole rings is 1. The Morgan fingerprint density at radius 3 is 2.94 bits per heavy atom. The van der Waals surface area contributed by atoms with E-state index in [0.717, 1.165) is 18.2 Å². The highest BCUT2D eigenvalue weighted by molar-refractivity contribution is 9.12. The maximum atomic E-state index is 12.2. The van der Waals surface area contributed by atoms with E-state index in [4.69, 9.17) is 0 Å². The molecule has 18 heavy (non-hydrogen) atoms. The maximum absolute atomic E-state index is 12.2. The molecule has 0 saturated carbocycles. The topological polar surface area (TPSA) is 34.4 Å². The van der Waals surface area contributed by atoms with Crippen molar-refractivity contribution in [2.24, 2.45) is 0 Å². The third kappa shape index (κ3) is 2.32. The highest BCUT2D eigenvalue weighted by Gasteiger charge is 2.15. The zero-order valence-corrected chi connectivity index (χ0v) is 13.7. The minimum Gasteiger partial charge on any atom is -0.297 e. The van der Waals surface area contributed by atoms with Gasteiger partial charge in [0.25, 0.3) is 0 Å². The predicted molar refractivity (Wildman–Crippen MR) is 80.8 cm³/mol. The Bertz CT molecular complexity index is 700. The molecular weight excluding hydrogens is 400 g/mol. The second-order valence-electron chi connectivity index (χ2n) is 3.66. The van der Waals surface area contributed by atoms with Crippen molar-refractivity contribution in [1.82, 2.24) is 9.38 Å². The highest BCUT2D eigenvalue weighted by atomic mass is 79.9. The number of carbonyl (C=O) groups excluding carboxylic acids is 1. The monoisotopic (exact) mass is 404 g/mol. The van der Waals surface area contributed by atoms with E-state index >= 15 is 0 Å². The molecular formula is C11H6Br2N2OS2. The van der Waals surface area contributed by atoms with Crippen LogP contribution in [-0.2, 0) is 6.42 Å². The first-order valence-corrected chi connectivity index (χ1v) is 8.31. The Morgan fingerprint density at radius 1 is 1.44 bits per heavy atom. The van der Waals surface area contributed by atoms with Gasteiger partial charge in [-0.15, -0.1) is 22.7 Å². The van der Waals surface area contributed by atoms with Crippen molar-refractivity contribution in [2.45, 2.75) is 6.42 Å². The Balaban J connectivity index is 1.86. The van der Waals surface area contributed by atoms with Crippen LogP contribution in [0.5, 0.6) is 0 Å². The zero-order chi connectivity index (χ0) is 12.7. The minimum absolute atomic E-state index is 0.0783. The fourth-order valence-corrected chi connectivity index (χ4v) is 5.23. The van der Waals surface area contributed by atoms with E-state index in [0.29, 0.717) is 12.0 Å². The molecule has 3 heterocycles. The lowest BCUT2D eigenvalue weighted by Crippen LogP contribution is -2.02. The van der Waals surface area contributed by atoms with E-state index in [2.05, 4.69) is 36.8 Å². The fourth-order valence-electron chi connectivity index (χ4n) is 1.65. The molecule has 0 saturated heterocycles. The number of hydrogen-bond donors (Lipinski definition) is 0. The molecule has 0 fully saturated rings. The van der Waals surface area contributed by atoms with Crippen LogP contribution in [-0.4, -0.2) is 15.2 Å². The minimum atomic E-state index is 0.0783. The van der Waals surface area contributed by atoms with Crippen LogP contribution in [0.25, 0.3) is 4.96 Å². The Labute approximate surface area is 128 Å². The fraction of sp³-hybridized carbons (Fsp3) is 0.0909. The number of halogens is 2. The SMILES string of the molecule is O=C(Cc1cn2ccsc2n1)c1cc(Br)sc1Br. The standard InChI is InChI=1S/C11H6Br2N2OS2/c12-9-4-7(10(13)18-9)8(16)3-6-5-15-1-2-17-11(15)14-6/h1-2,4-5H,3H2. The Kier molecular flexibility index (Phi) is 3.40. The number of aromatic nitrogens is 2. The number of thiophene rings is 1. The molecule has 0 N–H and O–H groups in total. The molecule has 0 aliphatic carbocycles. The van der Waals surface area contributed by atoms with E-state index < -0.39 is 0 Å². The average molecular weight is 406 g/mol. The lowest BCUT2D eigenvalue weighted by molar-refractivity contribution is 0.0992. The smallest absolute Gasteiger partial charge is 0.193 e. The summed E-state index contributed by atoms with van der Waals surface area (Å²) in [5.74, 6) is 0.0783. The van der Waals surface area contributed by atoms with Crippen molar-refractivity contribution in [3.63, 3.8) is 0 Å². The molecule has 0 unspecified atom stereocenters. The molecule has 92 valence electrons. The van der Waals surface area contributed by atoms with Crippen LogP contribution >= 0.6 is 54.5 Å². The molecule has 0 bridgehead atoms. The second kappa shape index (κ2) is 4.88. The number of nitrogens with zero attached hydrogens (tertiary/aromatic N) is 2. The first-order chi connectivity index (χ1) is 8.63. The normalized spacial score (nSPS) is 11.2. The van der Waals surface area contributed by atoms with E-state index in [1.54, 1.807) is 11.3 Å². The summed E-state index contributed by atoms with van der Waals surface area (Å²) >= 11 is 9.85. The lowest BCUT2D eigenvalue weighted by Gasteiger charge is -1.95. The number of hydrogen-bond acceptors (Lipinski definition) is 4. The van der Waals surface area contributed by atoms with E-state index in [1.165, 1.54) is 11.3 Å². The number of carbonyl (C=O) groups is 1. The van der Waals surface area contributed by atoms with Gasteiger partial charge in [-0.1, -0.05) is 0 Å². The Morgan fingerprint density at radius 2 is 2.28 bits per heavy atom. The van der Waals surface area contributed by atoms with Gasteiger partial charge in [0.15, 0.2) is 10.7 Å². The van der Waals surface area contributed by atoms with Crippen molar-refractivity contribution in [1.29, 1.82) is 0 Å².